The number of rotatable bonds is 4. The van der Waals surface area contributed by atoms with E-state index in [9.17, 15) is 15.0 Å². The van der Waals surface area contributed by atoms with E-state index in [0.717, 1.165) is 32.1 Å². The van der Waals surface area contributed by atoms with Crippen LogP contribution in [0.1, 0.15) is 85.0 Å². The lowest BCUT2D eigenvalue weighted by Gasteiger charge is -2.62. The van der Waals surface area contributed by atoms with Crippen molar-refractivity contribution in [2.24, 2.45) is 46.3 Å². The number of aliphatic carboxylic acids is 1. The monoisotopic (exact) mass is 392 g/mol. The summed E-state index contributed by atoms with van der Waals surface area (Å²) in [4.78, 5) is 11.1. The first-order chi connectivity index (χ1) is 13.2. The van der Waals surface area contributed by atoms with Gasteiger partial charge in [-0.25, -0.2) is 0 Å². The predicted octanol–water partition coefficient (Wildman–Crippen LogP) is 4.48. The van der Waals surface area contributed by atoms with Crippen LogP contribution in [0.4, 0.5) is 0 Å². The number of carboxylic acid groups (broad SMARTS) is 1. The molecule has 4 heteroatoms. The Kier molecular flexibility index (Phi) is 5.36. The topological polar surface area (TPSA) is 77.8 Å². The Morgan fingerprint density at radius 3 is 2.39 bits per heavy atom. The number of carbonyl (C=O) groups is 1. The Hall–Kier alpha value is -0.610. The summed E-state index contributed by atoms with van der Waals surface area (Å²) in [6, 6.07) is 0. The van der Waals surface area contributed by atoms with Gasteiger partial charge in [-0.05, 0) is 104 Å². The largest absolute Gasteiger partial charge is 0.481 e. The normalized spacial score (nSPS) is 51.7. The molecule has 4 fully saturated rings. The fraction of sp³-hybridized carbons (Fsp3) is 0.958. The quantitative estimate of drug-likeness (QED) is 0.659. The molecule has 4 aliphatic carbocycles. The first kappa shape index (κ1) is 20.7. The van der Waals surface area contributed by atoms with Crippen LogP contribution in [0, 0.1) is 46.3 Å². The van der Waals surface area contributed by atoms with Gasteiger partial charge >= 0.3 is 5.97 Å². The van der Waals surface area contributed by atoms with Gasteiger partial charge in [-0.1, -0.05) is 20.8 Å². The number of hydrogen-bond donors (Lipinski definition) is 3. The van der Waals surface area contributed by atoms with Crippen LogP contribution < -0.4 is 0 Å². The first-order valence-corrected chi connectivity index (χ1v) is 11.7. The lowest BCUT2D eigenvalue weighted by Crippen LogP contribution is -2.58. The summed E-state index contributed by atoms with van der Waals surface area (Å²) >= 11 is 0. The molecular weight excluding hydrogens is 352 g/mol. The van der Waals surface area contributed by atoms with E-state index in [2.05, 4.69) is 20.8 Å². The van der Waals surface area contributed by atoms with Crippen LogP contribution in [-0.4, -0.2) is 33.5 Å². The summed E-state index contributed by atoms with van der Waals surface area (Å²) in [7, 11) is 0. The molecule has 0 aromatic carbocycles. The van der Waals surface area contributed by atoms with E-state index in [-0.39, 0.29) is 29.5 Å². The molecule has 0 aromatic rings. The maximum absolute atomic E-state index is 11.2. The van der Waals surface area contributed by atoms with Crippen LogP contribution in [0.3, 0.4) is 0 Å². The smallest absolute Gasteiger partial charge is 0.303 e. The SMILES string of the molecule is CC(CCC(=O)O)C1CCC2C3C(CC[C@]12C)[C@@]1(C)CC[C@@H](O)C[C@H]1C[C@H]3O. The molecular formula is C24H40O4. The van der Waals surface area contributed by atoms with Gasteiger partial charge in [0.15, 0.2) is 0 Å². The molecule has 4 nitrogen and oxygen atoms in total. The zero-order valence-corrected chi connectivity index (χ0v) is 17.9. The van der Waals surface area contributed by atoms with Crippen LogP contribution in [0.5, 0.6) is 0 Å². The van der Waals surface area contributed by atoms with Gasteiger partial charge in [0.05, 0.1) is 12.2 Å². The molecule has 0 saturated heterocycles. The van der Waals surface area contributed by atoms with Crippen molar-refractivity contribution in [3.8, 4) is 0 Å². The number of hydrogen-bond acceptors (Lipinski definition) is 3. The molecule has 0 amide bonds. The van der Waals surface area contributed by atoms with E-state index >= 15 is 0 Å². The average molecular weight is 393 g/mol. The lowest BCUT2D eigenvalue weighted by atomic mass is 9.43. The first-order valence-electron chi connectivity index (χ1n) is 11.7. The molecule has 10 atom stereocenters. The molecule has 0 radical (unpaired) electrons. The van der Waals surface area contributed by atoms with E-state index in [4.69, 9.17) is 5.11 Å². The van der Waals surface area contributed by atoms with Crippen molar-refractivity contribution in [2.75, 3.05) is 0 Å². The van der Waals surface area contributed by atoms with Crippen LogP contribution >= 0.6 is 0 Å². The van der Waals surface area contributed by atoms with Crippen LogP contribution in [0.15, 0.2) is 0 Å². The maximum atomic E-state index is 11.2. The second kappa shape index (κ2) is 7.27. The molecule has 5 unspecified atom stereocenters. The van der Waals surface area contributed by atoms with E-state index in [1.54, 1.807) is 0 Å². The van der Waals surface area contributed by atoms with Crippen LogP contribution in [0.25, 0.3) is 0 Å². The minimum atomic E-state index is -0.684. The molecule has 0 heterocycles. The molecule has 4 rings (SSSR count). The molecule has 0 aromatic heterocycles. The van der Waals surface area contributed by atoms with E-state index in [1.807, 2.05) is 0 Å². The molecule has 4 saturated carbocycles. The third kappa shape index (κ3) is 3.14. The fourth-order valence-corrected chi connectivity index (χ4v) is 8.73. The van der Waals surface area contributed by atoms with Crippen LogP contribution in [-0.2, 0) is 4.79 Å². The summed E-state index contributed by atoms with van der Waals surface area (Å²) in [5, 5.41) is 30.5. The standard InChI is InChI=1S/C24H40O4/c1-14(4-7-21(27)28)17-5-6-18-22-19(9-11-24(17,18)3)23(2)10-8-16(25)12-15(23)13-20(22)26/h14-20,22,25-26H,4-13H2,1-3H3,(H,27,28)/t14?,15-,16+,17?,18?,19?,20+,22?,23-,24+/m0/s1. The zero-order chi connectivity index (χ0) is 20.3. The molecule has 3 N–H and O–H groups in total. The fourth-order valence-electron chi connectivity index (χ4n) is 8.73. The van der Waals surface area contributed by atoms with Crippen molar-refractivity contribution in [3.05, 3.63) is 0 Å². The van der Waals surface area contributed by atoms with Crippen molar-refractivity contribution in [3.63, 3.8) is 0 Å². The Morgan fingerprint density at radius 1 is 1.00 bits per heavy atom. The van der Waals surface area contributed by atoms with Gasteiger partial charge < -0.3 is 15.3 Å². The third-order valence-corrected chi connectivity index (χ3v) is 10.2. The molecule has 4 aliphatic rings. The number of fused-ring (bicyclic) bond motifs is 5. The number of aliphatic hydroxyl groups excluding tert-OH is 2. The van der Waals surface area contributed by atoms with E-state index < -0.39 is 5.97 Å². The minimum absolute atomic E-state index is 0.179. The molecule has 0 spiro atoms. The Balaban J connectivity index is 1.55. The lowest BCUT2D eigenvalue weighted by molar-refractivity contribution is -0.174. The van der Waals surface area contributed by atoms with Gasteiger partial charge in [-0.3, -0.25) is 4.79 Å². The minimum Gasteiger partial charge on any atom is -0.481 e. The van der Waals surface area contributed by atoms with Crippen molar-refractivity contribution < 1.29 is 20.1 Å². The molecule has 160 valence electrons. The number of carboxylic acids is 1. The van der Waals surface area contributed by atoms with Crippen molar-refractivity contribution in [1.29, 1.82) is 0 Å². The summed E-state index contributed by atoms with van der Waals surface area (Å²) in [6.45, 7) is 7.16. The van der Waals surface area contributed by atoms with Gasteiger partial charge in [0.25, 0.3) is 0 Å². The summed E-state index contributed by atoms with van der Waals surface area (Å²) < 4.78 is 0. The van der Waals surface area contributed by atoms with Gasteiger partial charge in [-0.15, -0.1) is 0 Å². The zero-order valence-electron chi connectivity index (χ0n) is 17.9. The summed E-state index contributed by atoms with van der Waals surface area (Å²) in [5.74, 6) is 2.36. The van der Waals surface area contributed by atoms with Crippen molar-refractivity contribution in [2.45, 2.75) is 97.2 Å². The molecule has 0 bridgehead atoms. The highest BCUT2D eigenvalue weighted by Gasteiger charge is 2.62. The van der Waals surface area contributed by atoms with Crippen molar-refractivity contribution in [1.82, 2.24) is 0 Å². The highest BCUT2D eigenvalue weighted by molar-refractivity contribution is 5.66. The van der Waals surface area contributed by atoms with Crippen LogP contribution in [0.2, 0.25) is 0 Å². The van der Waals surface area contributed by atoms with Gasteiger partial charge in [0.2, 0.25) is 0 Å². The summed E-state index contributed by atoms with van der Waals surface area (Å²) in [5.41, 5.74) is 0.523. The molecule has 28 heavy (non-hydrogen) atoms. The summed E-state index contributed by atoms with van der Waals surface area (Å²) in [6.07, 6.45) is 9.19. The predicted molar refractivity (Wildman–Crippen MR) is 109 cm³/mol. The van der Waals surface area contributed by atoms with Crippen molar-refractivity contribution >= 4 is 5.97 Å². The second-order valence-corrected chi connectivity index (χ2v) is 11.4. The average Bonchev–Trinajstić information content (AvgIpc) is 2.98. The number of aliphatic hydroxyl groups is 2. The third-order valence-electron chi connectivity index (χ3n) is 10.2. The Labute approximate surface area is 170 Å². The van der Waals surface area contributed by atoms with Gasteiger partial charge in [0.1, 0.15) is 0 Å². The Morgan fingerprint density at radius 2 is 1.68 bits per heavy atom. The van der Waals surface area contributed by atoms with E-state index in [0.29, 0.717) is 35.5 Å². The highest BCUT2D eigenvalue weighted by atomic mass is 16.4. The Bertz CT molecular complexity index is 605. The maximum Gasteiger partial charge on any atom is 0.303 e. The van der Waals surface area contributed by atoms with Gasteiger partial charge in [0, 0.05) is 6.42 Å². The van der Waals surface area contributed by atoms with E-state index in [1.165, 1.54) is 25.7 Å². The molecule has 0 aliphatic heterocycles. The van der Waals surface area contributed by atoms with Gasteiger partial charge in [-0.2, -0.15) is 0 Å². The highest BCUT2D eigenvalue weighted by Crippen LogP contribution is 2.68. The second-order valence-electron chi connectivity index (χ2n) is 11.4.